The summed E-state index contributed by atoms with van der Waals surface area (Å²) in [6, 6.07) is 11.0. The number of anilines is 1. The number of rotatable bonds is 8. The van der Waals surface area contributed by atoms with Gasteiger partial charge >= 0.3 is 0 Å². The number of ether oxygens (including phenoxy) is 1. The summed E-state index contributed by atoms with van der Waals surface area (Å²) in [6.07, 6.45) is 3.62. The lowest BCUT2D eigenvalue weighted by Crippen LogP contribution is -2.31. The Morgan fingerprint density at radius 1 is 1.19 bits per heavy atom. The van der Waals surface area contributed by atoms with Crippen molar-refractivity contribution in [1.82, 2.24) is 9.88 Å². The van der Waals surface area contributed by atoms with Crippen LogP contribution in [0, 0.1) is 0 Å². The van der Waals surface area contributed by atoms with Gasteiger partial charge in [0.1, 0.15) is 5.75 Å². The van der Waals surface area contributed by atoms with E-state index < -0.39 is 0 Å². The first-order valence-corrected chi connectivity index (χ1v) is 8.65. The van der Waals surface area contributed by atoms with Crippen LogP contribution in [0.25, 0.3) is 0 Å². The van der Waals surface area contributed by atoms with E-state index in [-0.39, 0.29) is 24.3 Å². The van der Waals surface area contributed by atoms with E-state index in [2.05, 4.69) is 10.3 Å². The lowest BCUT2D eigenvalue weighted by Gasteiger charge is -2.21. The number of carbonyl (C=O) groups excluding carboxylic acids is 2. The standard InChI is InChI=1S/C20H25N3O3/c1-15(2)26-19-9-5-4-8-18(19)22-20(25)10-12-23(16(3)24)14-17-7-6-11-21-13-17/h4-9,11,13,15H,10,12,14H2,1-3H3,(H,22,25). The summed E-state index contributed by atoms with van der Waals surface area (Å²) >= 11 is 0. The van der Waals surface area contributed by atoms with E-state index in [1.54, 1.807) is 23.4 Å². The Bertz CT molecular complexity index is 732. The fourth-order valence-corrected chi connectivity index (χ4v) is 2.44. The molecular formula is C20H25N3O3. The molecule has 6 nitrogen and oxygen atoms in total. The first-order valence-electron chi connectivity index (χ1n) is 8.65. The fraction of sp³-hybridized carbons (Fsp3) is 0.350. The van der Waals surface area contributed by atoms with Gasteiger partial charge in [0.15, 0.2) is 0 Å². The molecule has 2 aromatic rings. The van der Waals surface area contributed by atoms with E-state index in [0.717, 1.165) is 5.56 Å². The lowest BCUT2D eigenvalue weighted by atomic mass is 10.2. The molecule has 2 rings (SSSR count). The number of hydrogen-bond donors (Lipinski definition) is 1. The number of pyridine rings is 1. The van der Waals surface area contributed by atoms with Crippen molar-refractivity contribution in [2.75, 3.05) is 11.9 Å². The molecular weight excluding hydrogens is 330 g/mol. The van der Waals surface area contributed by atoms with Gasteiger partial charge in [-0.3, -0.25) is 14.6 Å². The monoisotopic (exact) mass is 355 g/mol. The summed E-state index contributed by atoms with van der Waals surface area (Å²) in [5.74, 6) is 0.391. The van der Waals surface area contributed by atoms with E-state index in [9.17, 15) is 9.59 Å². The third kappa shape index (κ3) is 6.20. The third-order valence-electron chi connectivity index (χ3n) is 3.67. The minimum atomic E-state index is -0.165. The molecule has 1 aromatic carbocycles. The molecule has 26 heavy (non-hydrogen) atoms. The zero-order valence-electron chi connectivity index (χ0n) is 15.4. The minimum Gasteiger partial charge on any atom is -0.489 e. The Hall–Kier alpha value is -2.89. The van der Waals surface area contributed by atoms with Crippen molar-refractivity contribution in [3.05, 3.63) is 54.4 Å². The largest absolute Gasteiger partial charge is 0.489 e. The molecule has 0 aliphatic rings. The molecule has 0 fully saturated rings. The predicted molar refractivity (Wildman–Crippen MR) is 101 cm³/mol. The van der Waals surface area contributed by atoms with Crippen LogP contribution in [-0.2, 0) is 16.1 Å². The van der Waals surface area contributed by atoms with Crippen molar-refractivity contribution in [3.8, 4) is 5.75 Å². The van der Waals surface area contributed by atoms with Crippen molar-refractivity contribution in [3.63, 3.8) is 0 Å². The number of hydrogen-bond acceptors (Lipinski definition) is 4. The van der Waals surface area contributed by atoms with Gasteiger partial charge in [0.2, 0.25) is 11.8 Å². The van der Waals surface area contributed by atoms with Crippen molar-refractivity contribution in [2.45, 2.75) is 39.8 Å². The first-order chi connectivity index (χ1) is 12.5. The fourth-order valence-electron chi connectivity index (χ4n) is 2.44. The number of para-hydroxylation sites is 2. The summed E-state index contributed by atoms with van der Waals surface area (Å²) in [5, 5.41) is 2.86. The smallest absolute Gasteiger partial charge is 0.226 e. The second-order valence-electron chi connectivity index (χ2n) is 6.26. The van der Waals surface area contributed by atoms with E-state index in [1.807, 2.05) is 44.2 Å². The number of carbonyl (C=O) groups is 2. The Morgan fingerprint density at radius 3 is 2.62 bits per heavy atom. The van der Waals surface area contributed by atoms with E-state index >= 15 is 0 Å². The van der Waals surface area contributed by atoms with Crippen LogP contribution >= 0.6 is 0 Å². The molecule has 2 amide bonds. The highest BCUT2D eigenvalue weighted by atomic mass is 16.5. The van der Waals surface area contributed by atoms with Crippen LogP contribution in [0.1, 0.15) is 32.8 Å². The summed E-state index contributed by atoms with van der Waals surface area (Å²) in [6.45, 7) is 6.14. The average molecular weight is 355 g/mol. The normalized spacial score (nSPS) is 10.5. The molecule has 1 heterocycles. The highest BCUT2D eigenvalue weighted by Gasteiger charge is 2.13. The van der Waals surface area contributed by atoms with E-state index in [0.29, 0.717) is 24.5 Å². The molecule has 0 aliphatic carbocycles. The molecule has 0 radical (unpaired) electrons. The average Bonchev–Trinajstić information content (AvgIpc) is 2.60. The van der Waals surface area contributed by atoms with Gasteiger partial charge in [-0.05, 0) is 37.6 Å². The molecule has 0 unspecified atom stereocenters. The van der Waals surface area contributed by atoms with E-state index in [4.69, 9.17) is 4.74 Å². The number of amides is 2. The van der Waals surface area contributed by atoms with Gasteiger partial charge in [-0.25, -0.2) is 0 Å². The number of nitrogens with zero attached hydrogens (tertiary/aromatic N) is 2. The molecule has 0 bridgehead atoms. The van der Waals surface area contributed by atoms with Gasteiger partial charge in [0.05, 0.1) is 11.8 Å². The van der Waals surface area contributed by atoms with E-state index in [1.165, 1.54) is 6.92 Å². The maximum Gasteiger partial charge on any atom is 0.226 e. The van der Waals surface area contributed by atoms with Crippen LogP contribution < -0.4 is 10.1 Å². The summed E-state index contributed by atoms with van der Waals surface area (Å²) in [4.78, 5) is 29.8. The van der Waals surface area contributed by atoms with Gasteiger partial charge < -0.3 is 15.0 Å². The van der Waals surface area contributed by atoms with Gasteiger partial charge in [-0.2, -0.15) is 0 Å². The van der Waals surface area contributed by atoms with Crippen LogP contribution in [0.15, 0.2) is 48.8 Å². The predicted octanol–water partition coefficient (Wildman–Crippen LogP) is 3.25. The molecule has 1 aromatic heterocycles. The molecule has 0 saturated carbocycles. The number of aromatic nitrogens is 1. The molecule has 0 saturated heterocycles. The van der Waals surface area contributed by atoms with Crippen molar-refractivity contribution in [2.24, 2.45) is 0 Å². The SMILES string of the molecule is CC(=O)N(CCC(=O)Nc1ccccc1OC(C)C)Cc1cccnc1. The van der Waals surface area contributed by atoms with Gasteiger partial charge in [0.25, 0.3) is 0 Å². The van der Waals surface area contributed by atoms with Crippen LogP contribution in [0.5, 0.6) is 5.75 Å². The molecule has 0 aliphatic heterocycles. The van der Waals surface area contributed by atoms with Crippen molar-refractivity contribution >= 4 is 17.5 Å². The second kappa shape index (κ2) is 9.56. The zero-order chi connectivity index (χ0) is 18.9. The minimum absolute atomic E-state index is 0.0146. The first kappa shape index (κ1) is 19.4. The highest BCUT2D eigenvalue weighted by molar-refractivity contribution is 5.92. The maximum absolute atomic E-state index is 12.3. The van der Waals surface area contributed by atoms with Gasteiger partial charge in [-0.15, -0.1) is 0 Å². The Labute approximate surface area is 154 Å². The van der Waals surface area contributed by atoms with Crippen LogP contribution in [0.4, 0.5) is 5.69 Å². The van der Waals surface area contributed by atoms with Crippen molar-refractivity contribution in [1.29, 1.82) is 0 Å². The van der Waals surface area contributed by atoms with Crippen LogP contribution in [-0.4, -0.2) is 34.3 Å². The number of nitrogens with one attached hydrogen (secondary N) is 1. The molecule has 1 N–H and O–H groups in total. The summed E-state index contributed by atoms with van der Waals surface area (Å²) < 4.78 is 5.70. The Balaban J connectivity index is 1.93. The lowest BCUT2D eigenvalue weighted by molar-refractivity contribution is -0.129. The van der Waals surface area contributed by atoms with Gasteiger partial charge in [-0.1, -0.05) is 18.2 Å². The summed E-state index contributed by atoms with van der Waals surface area (Å²) in [5.41, 5.74) is 1.56. The highest BCUT2D eigenvalue weighted by Crippen LogP contribution is 2.25. The quantitative estimate of drug-likeness (QED) is 0.789. The maximum atomic E-state index is 12.3. The van der Waals surface area contributed by atoms with Crippen molar-refractivity contribution < 1.29 is 14.3 Å². The van der Waals surface area contributed by atoms with Crippen LogP contribution in [0.3, 0.4) is 0 Å². The third-order valence-corrected chi connectivity index (χ3v) is 3.67. The molecule has 0 atom stereocenters. The molecule has 0 spiro atoms. The molecule has 138 valence electrons. The van der Waals surface area contributed by atoms with Gasteiger partial charge in [0, 0.05) is 38.8 Å². The number of benzene rings is 1. The topological polar surface area (TPSA) is 71.5 Å². The Morgan fingerprint density at radius 2 is 1.96 bits per heavy atom. The Kier molecular flexibility index (Phi) is 7.14. The second-order valence-corrected chi connectivity index (χ2v) is 6.26. The van der Waals surface area contributed by atoms with Crippen LogP contribution in [0.2, 0.25) is 0 Å². The molecule has 6 heteroatoms. The zero-order valence-corrected chi connectivity index (χ0v) is 15.4. The summed E-state index contributed by atoms with van der Waals surface area (Å²) in [7, 11) is 0.